The number of nitrogens with one attached hydrogen (secondary N) is 1. The van der Waals surface area contributed by atoms with Gasteiger partial charge in [0.2, 0.25) is 0 Å². The SMILES string of the molecule is N[C@@H]1C[S@](=O)CON2CCc3c([nH]c4cc(Br)ccc34)[C@H]12. The van der Waals surface area contributed by atoms with Crippen molar-refractivity contribution >= 4 is 37.6 Å². The van der Waals surface area contributed by atoms with Crippen molar-refractivity contribution in [3.8, 4) is 0 Å². The van der Waals surface area contributed by atoms with E-state index in [4.69, 9.17) is 10.6 Å². The molecule has 1 aromatic heterocycles. The highest BCUT2D eigenvalue weighted by molar-refractivity contribution is 9.10. The first-order chi connectivity index (χ1) is 10.1. The first-order valence-corrected chi connectivity index (χ1v) is 9.21. The van der Waals surface area contributed by atoms with E-state index in [2.05, 4.69) is 39.1 Å². The van der Waals surface area contributed by atoms with Gasteiger partial charge in [-0.1, -0.05) is 22.0 Å². The monoisotopic (exact) mass is 369 g/mol. The highest BCUT2D eigenvalue weighted by atomic mass is 79.9. The molecule has 0 aliphatic carbocycles. The Morgan fingerprint density at radius 2 is 2.33 bits per heavy atom. The van der Waals surface area contributed by atoms with Gasteiger partial charge in [0.1, 0.15) is 5.94 Å². The Balaban J connectivity index is 1.86. The molecule has 3 atom stereocenters. The number of aromatic nitrogens is 1. The van der Waals surface area contributed by atoms with E-state index >= 15 is 0 Å². The summed E-state index contributed by atoms with van der Waals surface area (Å²) in [5.74, 6) is 0.713. The minimum Gasteiger partial charge on any atom is -0.357 e. The zero-order valence-electron chi connectivity index (χ0n) is 11.3. The largest absolute Gasteiger partial charge is 0.357 e. The second-order valence-corrected chi connectivity index (χ2v) is 7.92. The van der Waals surface area contributed by atoms with Crippen molar-refractivity contribution in [1.82, 2.24) is 10.0 Å². The molecule has 0 spiro atoms. The number of H-pyrrole nitrogens is 1. The molecule has 112 valence electrons. The van der Waals surface area contributed by atoms with E-state index in [-0.39, 0.29) is 18.0 Å². The zero-order valence-corrected chi connectivity index (χ0v) is 13.7. The van der Waals surface area contributed by atoms with Gasteiger partial charge in [-0.15, -0.1) is 0 Å². The van der Waals surface area contributed by atoms with E-state index in [1.165, 1.54) is 10.9 Å². The van der Waals surface area contributed by atoms with Gasteiger partial charge in [0, 0.05) is 39.4 Å². The third-order valence-corrected chi connectivity index (χ3v) is 5.84. The van der Waals surface area contributed by atoms with Gasteiger partial charge in [-0.05, 0) is 24.1 Å². The molecule has 0 saturated carbocycles. The van der Waals surface area contributed by atoms with Crippen LogP contribution in [0.25, 0.3) is 10.9 Å². The Morgan fingerprint density at radius 3 is 3.19 bits per heavy atom. The number of benzene rings is 1. The van der Waals surface area contributed by atoms with Crippen LogP contribution >= 0.6 is 15.9 Å². The van der Waals surface area contributed by atoms with E-state index < -0.39 is 10.8 Å². The van der Waals surface area contributed by atoms with Crippen LogP contribution in [0, 0.1) is 0 Å². The van der Waals surface area contributed by atoms with Gasteiger partial charge in [-0.3, -0.25) is 9.05 Å². The molecule has 1 aromatic carbocycles. The number of aromatic amines is 1. The summed E-state index contributed by atoms with van der Waals surface area (Å²) in [7, 11) is -1.01. The summed E-state index contributed by atoms with van der Waals surface area (Å²) in [5, 5.41) is 3.15. The lowest BCUT2D eigenvalue weighted by atomic mass is 9.95. The maximum absolute atomic E-state index is 11.8. The number of rotatable bonds is 0. The second-order valence-electron chi connectivity index (χ2n) is 5.56. The molecule has 3 N–H and O–H groups in total. The zero-order chi connectivity index (χ0) is 14.6. The molecule has 7 heteroatoms. The number of nitrogens with zero attached hydrogens (tertiary/aromatic N) is 1. The molecule has 0 radical (unpaired) electrons. The van der Waals surface area contributed by atoms with Gasteiger partial charge in [-0.25, -0.2) is 0 Å². The van der Waals surface area contributed by atoms with Crippen LogP contribution in [-0.2, 0) is 22.1 Å². The second kappa shape index (κ2) is 5.17. The molecule has 0 amide bonds. The average Bonchev–Trinajstić information content (AvgIpc) is 2.73. The Morgan fingerprint density at radius 1 is 1.48 bits per heavy atom. The van der Waals surface area contributed by atoms with Crippen LogP contribution in [0.4, 0.5) is 0 Å². The Bertz CT molecular complexity index is 732. The van der Waals surface area contributed by atoms with Gasteiger partial charge in [-0.2, -0.15) is 5.06 Å². The fraction of sp³-hybridized carbons (Fsp3) is 0.429. The molecule has 3 heterocycles. The quantitative estimate of drug-likeness (QED) is 0.742. The molecular formula is C14H16BrN3O2S. The maximum atomic E-state index is 11.8. The van der Waals surface area contributed by atoms with Crippen molar-refractivity contribution in [3.63, 3.8) is 0 Å². The van der Waals surface area contributed by atoms with Gasteiger partial charge in [0.15, 0.2) is 0 Å². The molecule has 2 aliphatic heterocycles. The lowest BCUT2D eigenvalue weighted by molar-refractivity contribution is -0.176. The van der Waals surface area contributed by atoms with Gasteiger partial charge < -0.3 is 10.7 Å². The van der Waals surface area contributed by atoms with E-state index in [0.717, 1.165) is 28.6 Å². The third-order valence-electron chi connectivity index (χ3n) is 4.22. The van der Waals surface area contributed by atoms with E-state index in [1.54, 1.807) is 0 Å². The lowest BCUT2D eigenvalue weighted by Gasteiger charge is -2.35. The number of fused-ring (bicyclic) bond motifs is 5. The van der Waals surface area contributed by atoms with Crippen LogP contribution in [0.1, 0.15) is 17.3 Å². The van der Waals surface area contributed by atoms with Crippen molar-refractivity contribution in [1.29, 1.82) is 0 Å². The minimum absolute atomic E-state index is 0.0497. The molecule has 0 bridgehead atoms. The molecule has 1 saturated heterocycles. The molecule has 1 fully saturated rings. The fourth-order valence-corrected chi connectivity index (χ4v) is 4.65. The first-order valence-electron chi connectivity index (χ1n) is 6.93. The van der Waals surface area contributed by atoms with E-state index in [0.29, 0.717) is 5.75 Å². The normalized spacial score (nSPS) is 29.9. The summed E-state index contributed by atoms with van der Waals surface area (Å²) < 4.78 is 12.9. The number of halogens is 1. The van der Waals surface area contributed by atoms with Gasteiger partial charge in [0.25, 0.3) is 0 Å². The first kappa shape index (κ1) is 13.9. The lowest BCUT2D eigenvalue weighted by Crippen LogP contribution is -2.44. The number of hydrogen-bond donors (Lipinski definition) is 2. The fourth-order valence-electron chi connectivity index (χ4n) is 3.33. The van der Waals surface area contributed by atoms with Crippen molar-refractivity contribution in [2.24, 2.45) is 5.73 Å². The van der Waals surface area contributed by atoms with E-state index in [9.17, 15) is 4.21 Å². The van der Waals surface area contributed by atoms with Crippen molar-refractivity contribution < 1.29 is 9.05 Å². The Kier molecular flexibility index (Phi) is 3.42. The molecule has 4 rings (SSSR count). The highest BCUT2D eigenvalue weighted by Gasteiger charge is 2.38. The summed E-state index contributed by atoms with van der Waals surface area (Å²) in [5.41, 5.74) is 9.83. The summed E-state index contributed by atoms with van der Waals surface area (Å²) in [4.78, 5) is 9.19. The van der Waals surface area contributed by atoms with Crippen LogP contribution < -0.4 is 5.73 Å². The highest BCUT2D eigenvalue weighted by Crippen LogP contribution is 2.37. The van der Waals surface area contributed by atoms with E-state index in [1.807, 2.05) is 5.06 Å². The molecule has 21 heavy (non-hydrogen) atoms. The molecule has 5 nitrogen and oxygen atoms in total. The third kappa shape index (κ3) is 2.27. The molecule has 2 aromatic rings. The van der Waals surface area contributed by atoms with Crippen molar-refractivity contribution in [3.05, 3.63) is 33.9 Å². The summed E-state index contributed by atoms with van der Waals surface area (Å²) >= 11 is 3.51. The molecule has 0 unspecified atom stereocenters. The van der Waals surface area contributed by atoms with Crippen molar-refractivity contribution in [2.45, 2.75) is 18.5 Å². The predicted molar refractivity (Wildman–Crippen MR) is 86.1 cm³/mol. The number of hydrogen-bond acceptors (Lipinski definition) is 4. The molecular weight excluding hydrogens is 354 g/mol. The Labute approximate surface area is 133 Å². The minimum atomic E-state index is -1.01. The van der Waals surface area contributed by atoms with Crippen molar-refractivity contribution in [2.75, 3.05) is 18.2 Å². The van der Waals surface area contributed by atoms with Crippen LogP contribution in [0.5, 0.6) is 0 Å². The summed E-state index contributed by atoms with van der Waals surface area (Å²) in [6.07, 6.45) is 0.910. The smallest absolute Gasteiger partial charge is 0.143 e. The van der Waals surface area contributed by atoms with Gasteiger partial charge >= 0.3 is 0 Å². The van der Waals surface area contributed by atoms with Gasteiger partial charge in [0.05, 0.1) is 16.8 Å². The predicted octanol–water partition coefficient (Wildman–Crippen LogP) is 1.81. The van der Waals surface area contributed by atoms with Crippen LogP contribution in [-0.4, -0.2) is 38.5 Å². The number of hydroxylamine groups is 2. The standard InChI is InChI=1S/C14H16BrN3O2S/c15-8-1-2-9-10-3-4-18-14(13(10)17-12(9)5-8)11(16)6-21(19)7-20-18/h1-2,5,11,14,17H,3-4,6-7,16H2/t11-,14+,21+/m1/s1. The summed E-state index contributed by atoms with van der Waals surface area (Å²) in [6, 6.07) is 6.03. The topological polar surface area (TPSA) is 71.4 Å². The maximum Gasteiger partial charge on any atom is 0.143 e. The Hall–Kier alpha value is -0.730. The van der Waals surface area contributed by atoms with Crippen LogP contribution in [0.3, 0.4) is 0 Å². The average molecular weight is 370 g/mol. The summed E-state index contributed by atoms with van der Waals surface area (Å²) in [6.45, 7) is 0.783. The molecule has 2 aliphatic rings. The van der Waals surface area contributed by atoms with Crippen LogP contribution in [0.2, 0.25) is 0 Å². The number of nitrogens with two attached hydrogens (primary N) is 1. The van der Waals surface area contributed by atoms with Crippen LogP contribution in [0.15, 0.2) is 22.7 Å².